The lowest BCUT2D eigenvalue weighted by molar-refractivity contribution is -0.137. The monoisotopic (exact) mass is 350 g/mol. The molecule has 0 aromatic carbocycles. The number of H-pyrrole nitrogens is 1. The van der Waals surface area contributed by atoms with Crippen molar-refractivity contribution in [3.8, 4) is 0 Å². The van der Waals surface area contributed by atoms with E-state index >= 15 is 0 Å². The number of hydrogen-bond donors (Lipinski definition) is 3. The molecule has 1 aromatic rings. The molecule has 8 heteroatoms. The van der Waals surface area contributed by atoms with Gasteiger partial charge in [0.2, 0.25) is 0 Å². The number of nitrogens with zero attached hydrogens (tertiary/aromatic N) is 2. The first-order chi connectivity index (χ1) is 12.0. The van der Waals surface area contributed by atoms with Gasteiger partial charge < -0.3 is 25.2 Å². The number of rotatable bonds is 7. The van der Waals surface area contributed by atoms with E-state index in [1.807, 2.05) is 6.92 Å². The first kappa shape index (κ1) is 18.8. The molecule has 8 nitrogen and oxygen atoms in total. The van der Waals surface area contributed by atoms with E-state index in [9.17, 15) is 14.4 Å². The minimum atomic E-state index is -0.914. The summed E-state index contributed by atoms with van der Waals surface area (Å²) in [6, 6.07) is 2.89. The van der Waals surface area contributed by atoms with Crippen LogP contribution in [0.25, 0.3) is 0 Å². The highest BCUT2D eigenvalue weighted by Crippen LogP contribution is 2.10. The van der Waals surface area contributed by atoms with Crippen molar-refractivity contribution >= 4 is 17.9 Å². The predicted octanol–water partition coefficient (Wildman–Crippen LogP) is 1.52. The van der Waals surface area contributed by atoms with E-state index in [4.69, 9.17) is 5.11 Å². The topological polar surface area (TPSA) is 106 Å². The molecule has 1 aromatic heterocycles. The number of carbonyl (C=O) groups excluding carboxylic acids is 2. The predicted molar refractivity (Wildman–Crippen MR) is 92.4 cm³/mol. The maximum atomic E-state index is 12.4. The second kappa shape index (κ2) is 9.10. The summed E-state index contributed by atoms with van der Waals surface area (Å²) in [5.74, 6) is -0.987. The number of aromatic nitrogens is 1. The van der Waals surface area contributed by atoms with Crippen LogP contribution < -0.4 is 5.32 Å². The molecule has 0 bridgehead atoms. The van der Waals surface area contributed by atoms with Crippen LogP contribution in [0.4, 0.5) is 4.79 Å². The number of hydrogen-bond acceptors (Lipinski definition) is 3. The molecule has 1 fully saturated rings. The largest absolute Gasteiger partial charge is 0.481 e. The molecule has 0 spiro atoms. The van der Waals surface area contributed by atoms with Gasteiger partial charge in [0.1, 0.15) is 5.69 Å². The van der Waals surface area contributed by atoms with Gasteiger partial charge in [-0.3, -0.25) is 9.59 Å². The van der Waals surface area contributed by atoms with Gasteiger partial charge in [0.25, 0.3) is 5.91 Å². The zero-order chi connectivity index (χ0) is 18.2. The summed E-state index contributed by atoms with van der Waals surface area (Å²) in [7, 11) is 0. The van der Waals surface area contributed by atoms with Crippen molar-refractivity contribution < 1.29 is 19.5 Å². The van der Waals surface area contributed by atoms with Crippen molar-refractivity contribution in [3.05, 3.63) is 24.0 Å². The summed E-state index contributed by atoms with van der Waals surface area (Å²) in [6.45, 7) is 3.82. The lowest BCUT2D eigenvalue weighted by Crippen LogP contribution is -2.54. The molecule has 2 heterocycles. The van der Waals surface area contributed by atoms with E-state index in [0.29, 0.717) is 38.3 Å². The molecule has 138 valence electrons. The second-order valence-corrected chi connectivity index (χ2v) is 6.25. The van der Waals surface area contributed by atoms with Crippen molar-refractivity contribution in [2.24, 2.45) is 0 Å². The Bertz CT molecular complexity index is 579. The van der Waals surface area contributed by atoms with Crippen molar-refractivity contribution in [3.63, 3.8) is 0 Å². The van der Waals surface area contributed by atoms with Gasteiger partial charge in [0.05, 0.1) is 6.42 Å². The summed E-state index contributed by atoms with van der Waals surface area (Å²) in [4.78, 5) is 41.8. The first-order valence-corrected chi connectivity index (χ1v) is 8.71. The fraction of sp³-hybridized carbons (Fsp3) is 0.588. The van der Waals surface area contributed by atoms with E-state index in [0.717, 1.165) is 12.8 Å². The maximum absolute atomic E-state index is 12.4. The Balaban J connectivity index is 1.83. The number of nitrogens with one attached hydrogen (secondary N) is 2. The lowest BCUT2D eigenvalue weighted by Gasteiger charge is -2.35. The average molecular weight is 350 g/mol. The van der Waals surface area contributed by atoms with Crippen LogP contribution in [0.3, 0.4) is 0 Å². The van der Waals surface area contributed by atoms with Crippen LogP contribution in [0.2, 0.25) is 0 Å². The second-order valence-electron chi connectivity index (χ2n) is 6.25. The van der Waals surface area contributed by atoms with Crippen molar-refractivity contribution in [2.75, 3.05) is 26.2 Å². The number of aliphatic carboxylic acids is 1. The van der Waals surface area contributed by atoms with Gasteiger partial charge in [0, 0.05) is 38.4 Å². The molecule has 25 heavy (non-hydrogen) atoms. The number of aromatic amines is 1. The Morgan fingerprint density at radius 3 is 2.48 bits per heavy atom. The SMILES string of the molecule is CCCC[C@@H](CC(=O)O)NC(=O)N1CCN(C(=O)c2ccc[nH]2)CC1. The van der Waals surface area contributed by atoms with Gasteiger partial charge in [-0.2, -0.15) is 0 Å². The zero-order valence-electron chi connectivity index (χ0n) is 14.5. The van der Waals surface area contributed by atoms with E-state index in [-0.39, 0.29) is 24.4 Å². The van der Waals surface area contributed by atoms with E-state index in [1.165, 1.54) is 0 Å². The smallest absolute Gasteiger partial charge is 0.317 e. The lowest BCUT2D eigenvalue weighted by atomic mass is 10.1. The molecule has 0 unspecified atom stereocenters. The van der Waals surface area contributed by atoms with E-state index in [1.54, 1.807) is 28.1 Å². The number of carbonyl (C=O) groups is 3. The van der Waals surface area contributed by atoms with Gasteiger partial charge in [-0.25, -0.2) is 4.79 Å². The molecule has 1 aliphatic rings. The van der Waals surface area contributed by atoms with Gasteiger partial charge in [-0.1, -0.05) is 19.8 Å². The number of urea groups is 1. The Kier molecular flexibility index (Phi) is 6.85. The summed E-state index contributed by atoms with van der Waals surface area (Å²) in [6.07, 6.45) is 4.11. The molecule has 0 saturated carbocycles. The van der Waals surface area contributed by atoms with Crippen LogP contribution in [-0.4, -0.2) is 70.0 Å². The van der Waals surface area contributed by atoms with Crippen LogP contribution in [-0.2, 0) is 4.79 Å². The number of unbranched alkanes of at least 4 members (excludes halogenated alkanes) is 1. The van der Waals surface area contributed by atoms with Crippen LogP contribution in [0, 0.1) is 0 Å². The zero-order valence-corrected chi connectivity index (χ0v) is 14.5. The average Bonchev–Trinajstić information content (AvgIpc) is 3.13. The van der Waals surface area contributed by atoms with Crippen LogP contribution in [0.1, 0.15) is 43.1 Å². The van der Waals surface area contributed by atoms with Crippen molar-refractivity contribution in [1.29, 1.82) is 0 Å². The standard InChI is InChI=1S/C17H26N4O4/c1-2-3-5-13(12-15(22)23)19-17(25)21-10-8-20(9-11-21)16(24)14-6-4-7-18-14/h4,6-7,13,18H,2-3,5,8-12H2,1H3,(H,19,25)(H,22,23)/t13-/m0/s1. The van der Waals surface area contributed by atoms with Crippen LogP contribution >= 0.6 is 0 Å². The van der Waals surface area contributed by atoms with Gasteiger partial charge >= 0.3 is 12.0 Å². The Labute approximate surface area is 147 Å². The molecule has 1 atom stereocenters. The van der Waals surface area contributed by atoms with E-state index < -0.39 is 5.97 Å². The number of carboxylic acids is 1. The molecule has 2 rings (SSSR count). The Hall–Kier alpha value is -2.51. The van der Waals surface area contributed by atoms with E-state index in [2.05, 4.69) is 10.3 Å². The molecule has 0 aliphatic carbocycles. The summed E-state index contributed by atoms with van der Waals surface area (Å²) < 4.78 is 0. The maximum Gasteiger partial charge on any atom is 0.317 e. The fourth-order valence-electron chi connectivity index (χ4n) is 2.90. The summed E-state index contributed by atoms with van der Waals surface area (Å²) >= 11 is 0. The molecule has 0 radical (unpaired) electrons. The third-order valence-electron chi connectivity index (χ3n) is 4.34. The Morgan fingerprint density at radius 1 is 1.24 bits per heavy atom. The molecular weight excluding hydrogens is 324 g/mol. The van der Waals surface area contributed by atoms with Crippen LogP contribution in [0.15, 0.2) is 18.3 Å². The number of piperazine rings is 1. The number of amides is 3. The first-order valence-electron chi connectivity index (χ1n) is 8.71. The highest BCUT2D eigenvalue weighted by atomic mass is 16.4. The fourth-order valence-corrected chi connectivity index (χ4v) is 2.90. The van der Waals surface area contributed by atoms with Crippen molar-refractivity contribution in [1.82, 2.24) is 20.1 Å². The molecule has 1 aliphatic heterocycles. The molecular formula is C17H26N4O4. The summed E-state index contributed by atoms with van der Waals surface area (Å²) in [5.41, 5.74) is 0.541. The van der Waals surface area contributed by atoms with Gasteiger partial charge in [0.15, 0.2) is 0 Å². The Morgan fingerprint density at radius 2 is 1.92 bits per heavy atom. The minimum Gasteiger partial charge on any atom is -0.481 e. The summed E-state index contributed by atoms with van der Waals surface area (Å²) in [5, 5.41) is 11.8. The normalized spacial score (nSPS) is 15.7. The third kappa shape index (κ3) is 5.51. The molecule has 1 saturated heterocycles. The molecule has 3 N–H and O–H groups in total. The highest BCUT2D eigenvalue weighted by molar-refractivity contribution is 5.92. The van der Waals surface area contributed by atoms with Crippen LogP contribution in [0.5, 0.6) is 0 Å². The number of carboxylic acid groups (broad SMARTS) is 1. The quantitative estimate of drug-likeness (QED) is 0.693. The van der Waals surface area contributed by atoms with Gasteiger partial charge in [-0.05, 0) is 18.6 Å². The van der Waals surface area contributed by atoms with Gasteiger partial charge in [-0.15, -0.1) is 0 Å². The third-order valence-corrected chi connectivity index (χ3v) is 4.34. The minimum absolute atomic E-state index is 0.0724. The van der Waals surface area contributed by atoms with Crippen molar-refractivity contribution in [2.45, 2.75) is 38.6 Å². The molecule has 3 amide bonds. The highest BCUT2D eigenvalue weighted by Gasteiger charge is 2.26.